The fourth-order valence-corrected chi connectivity index (χ4v) is 1.36. The molecule has 0 spiro atoms. The molecule has 1 amide bonds. The molecule has 0 aliphatic heterocycles. The second kappa shape index (κ2) is 4.71. The van der Waals surface area contributed by atoms with Gasteiger partial charge in [0.1, 0.15) is 5.69 Å². The molecular formula is C10H12N4O2. The van der Waals surface area contributed by atoms with Crippen LogP contribution in [0.1, 0.15) is 10.5 Å². The molecule has 84 valence electrons. The summed E-state index contributed by atoms with van der Waals surface area (Å²) in [6.07, 6.45) is 3.19. The van der Waals surface area contributed by atoms with Crippen molar-refractivity contribution < 1.29 is 9.53 Å². The van der Waals surface area contributed by atoms with E-state index in [0.717, 1.165) is 0 Å². The number of ether oxygens (including phenoxy) is 1. The number of hydrogen-bond donors (Lipinski definition) is 1. The molecule has 0 aromatic carbocycles. The summed E-state index contributed by atoms with van der Waals surface area (Å²) in [5.41, 5.74) is 1.12. The lowest BCUT2D eigenvalue weighted by Crippen LogP contribution is -2.28. The third-order valence-corrected chi connectivity index (χ3v) is 2.11. The number of aromatic nitrogens is 3. The maximum Gasteiger partial charge on any atom is 0.270 e. The van der Waals surface area contributed by atoms with Crippen molar-refractivity contribution in [3.63, 3.8) is 0 Å². The molecule has 0 aliphatic rings. The van der Waals surface area contributed by atoms with Crippen molar-refractivity contribution in [3.8, 4) is 0 Å². The number of nitrogens with zero attached hydrogens (tertiary/aromatic N) is 3. The van der Waals surface area contributed by atoms with Crippen LogP contribution in [0.2, 0.25) is 0 Å². The van der Waals surface area contributed by atoms with Gasteiger partial charge in [0.25, 0.3) is 5.91 Å². The molecule has 6 heteroatoms. The average Bonchev–Trinajstić information content (AvgIpc) is 2.76. The van der Waals surface area contributed by atoms with Gasteiger partial charge in [-0.1, -0.05) is 0 Å². The van der Waals surface area contributed by atoms with Crippen LogP contribution in [0.5, 0.6) is 0 Å². The molecular weight excluding hydrogens is 208 g/mol. The van der Waals surface area contributed by atoms with Crippen molar-refractivity contribution in [3.05, 3.63) is 30.2 Å². The van der Waals surface area contributed by atoms with Gasteiger partial charge in [0, 0.05) is 25.9 Å². The van der Waals surface area contributed by atoms with Crippen molar-refractivity contribution in [1.82, 2.24) is 19.9 Å². The van der Waals surface area contributed by atoms with E-state index in [1.165, 1.54) is 4.52 Å². The number of carbonyl (C=O) groups is 1. The zero-order valence-electron chi connectivity index (χ0n) is 8.88. The van der Waals surface area contributed by atoms with Crippen molar-refractivity contribution in [2.24, 2.45) is 0 Å². The summed E-state index contributed by atoms with van der Waals surface area (Å²) in [7, 11) is 1.59. The zero-order valence-corrected chi connectivity index (χ0v) is 8.88. The molecule has 2 aromatic rings. The first kappa shape index (κ1) is 10.6. The van der Waals surface area contributed by atoms with E-state index in [0.29, 0.717) is 24.5 Å². The van der Waals surface area contributed by atoms with Crippen LogP contribution in [-0.4, -0.2) is 40.8 Å². The smallest absolute Gasteiger partial charge is 0.270 e. The van der Waals surface area contributed by atoms with Crippen LogP contribution in [0.25, 0.3) is 5.65 Å². The minimum Gasteiger partial charge on any atom is -0.383 e. The number of fused-ring (bicyclic) bond motifs is 1. The summed E-state index contributed by atoms with van der Waals surface area (Å²) in [4.78, 5) is 15.9. The molecule has 0 bridgehead atoms. The number of hydrogen-bond acceptors (Lipinski definition) is 4. The maximum atomic E-state index is 11.8. The number of rotatable bonds is 4. The van der Waals surface area contributed by atoms with Crippen molar-refractivity contribution in [1.29, 1.82) is 0 Å². The number of methoxy groups -OCH3 is 1. The summed E-state index contributed by atoms with van der Waals surface area (Å²) >= 11 is 0. The average molecular weight is 220 g/mol. The minimum atomic E-state index is -0.187. The highest BCUT2D eigenvalue weighted by Gasteiger charge is 2.09. The van der Waals surface area contributed by atoms with Gasteiger partial charge in [0.2, 0.25) is 0 Å². The fourth-order valence-electron chi connectivity index (χ4n) is 1.36. The van der Waals surface area contributed by atoms with Crippen molar-refractivity contribution in [2.75, 3.05) is 20.3 Å². The highest BCUT2D eigenvalue weighted by molar-refractivity contribution is 5.92. The van der Waals surface area contributed by atoms with Crippen LogP contribution in [-0.2, 0) is 4.74 Å². The molecule has 1 N–H and O–H groups in total. The van der Waals surface area contributed by atoms with E-state index < -0.39 is 0 Å². The van der Waals surface area contributed by atoms with Crippen LogP contribution >= 0.6 is 0 Å². The van der Waals surface area contributed by atoms with Crippen LogP contribution in [0.15, 0.2) is 24.5 Å². The van der Waals surface area contributed by atoms with Gasteiger partial charge in [-0.3, -0.25) is 4.79 Å². The zero-order chi connectivity index (χ0) is 11.4. The van der Waals surface area contributed by atoms with Crippen molar-refractivity contribution >= 4 is 11.6 Å². The van der Waals surface area contributed by atoms with Crippen molar-refractivity contribution in [2.45, 2.75) is 0 Å². The van der Waals surface area contributed by atoms with E-state index in [4.69, 9.17) is 4.74 Å². The Kier molecular flexibility index (Phi) is 3.11. The lowest BCUT2D eigenvalue weighted by atomic mass is 10.3. The Morgan fingerprint density at radius 3 is 3.19 bits per heavy atom. The molecule has 0 fully saturated rings. The van der Waals surface area contributed by atoms with Gasteiger partial charge < -0.3 is 10.1 Å². The number of nitrogens with one attached hydrogen (secondary N) is 1. The lowest BCUT2D eigenvalue weighted by molar-refractivity contribution is 0.0929. The Balaban J connectivity index is 2.19. The van der Waals surface area contributed by atoms with E-state index in [1.807, 2.05) is 0 Å². The molecule has 0 radical (unpaired) electrons. The van der Waals surface area contributed by atoms with Gasteiger partial charge in [-0.25, -0.2) is 9.50 Å². The van der Waals surface area contributed by atoms with E-state index in [-0.39, 0.29) is 5.91 Å². The van der Waals surface area contributed by atoms with E-state index >= 15 is 0 Å². The first-order chi connectivity index (χ1) is 7.83. The quantitative estimate of drug-likeness (QED) is 0.742. The highest BCUT2D eigenvalue weighted by atomic mass is 16.5. The molecule has 0 atom stereocenters. The first-order valence-electron chi connectivity index (χ1n) is 4.89. The van der Waals surface area contributed by atoms with Crippen LogP contribution in [0, 0.1) is 0 Å². The third-order valence-electron chi connectivity index (χ3n) is 2.11. The summed E-state index contributed by atoms with van der Waals surface area (Å²) in [5, 5.41) is 6.76. The van der Waals surface area contributed by atoms with Crippen LogP contribution in [0.3, 0.4) is 0 Å². The van der Waals surface area contributed by atoms with Gasteiger partial charge in [-0.15, -0.1) is 0 Å². The SMILES string of the molecule is COCCNC(=O)c1ccnc2ccnn12. The van der Waals surface area contributed by atoms with Gasteiger partial charge in [-0.05, 0) is 6.07 Å². The van der Waals surface area contributed by atoms with Crippen LogP contribution < -0.4 is 5.32 Å². The normalized spacial score (nSPS) is 10.6. The predicted molar refractivity (Wildman–Crippen MR) is 57.2 cm³/mol. The summed E-state index contributed by atoms with van der Waals surface area (Å²) in [6, 6.07) is 3.37. The summed E-state index contributed by atoms with van der Waals surface area (Å²) in [6.45, 7) is 0.958. The third kappa shape index (κ3) is 2.01. The molecule has 2 heterocycles. The fraction of sp³-hybridized carbons (Fsp3) is 0.300. The predicted octanol–water partition coefficient (Wildman–Crippen LogP) is 0.105. The van der Waals surface area contributed by atoms with E-state index in [2.05, 4.69) is 15.4 Å². The minimum absolute atomic E-state index is 0.187. The standard InChI is InChI=1S/C10H12N4O2/c1-16-7-6-12-10(15)8-2-4-11-9-3-5-13-14(8)9/h2-5H,6-7H2,1H3,(H,12,15). The topological polar surface area (TPSA) is 68.5 Å². The molecule has 0 saturated heterocycles. The maximum absolute atomic E-state index is 11.8. The molecule has 6 nitrogen and oxygen atoms in total. The summed E-state index contributed by atoms with van der Waals surface area (Å²) < 4.78 is 6.35. The Bertz CT molecular complexity index is 494. The largest absolute Gasteiger partial charge is 0.383 e. The Labute approximate surface area is 92.2 Å². The van der Waals surface area contributed by atoms with Gasteiger partial charge >= 0.3 is 0 Å². The van der Waals surface area contributed by atoms with E-state index in [1.54, 1.807) is 31.6 Å². The molecule has 0 saturated carbocycles. The van der Waals surface area contributed by atoms with Crippen LogP contribution in [0.4, 0.5) is 0 Å². The Hall–Kier alpha value is -1.95. The monoisotopic (exact) mass is 220 g/mol. The second-order valence-corrected chi connectivity index (χ2v) is 3.18. The lowest BCUT2D eigenvalue weighted by Gasteiger charge is -2.05. The molecule has 2 aromatic heterocycles. The Morgan fingerprint density at radius 2 is 2.38 bits per heavy atom. The molecule has 16 heavy (non-hydrogen) atoms. The van der Waals surface area contributed by atoms with E-state index in [9.17, 15) is 4.79 Å². The Morgan fingerprint density at radius 1 is 1.50 bits per heavy atom. The highest BCUT2D eigenvalue weighted by Crippen LogP contribution is 2.02. The molecule has 0 aliphatic carbocycles. The molecule has 2 rings (SSSR count). The van der Waals surface area contributed by atoms with Gasteiger partial charge in [0.15, 0.2) is 5.65 Å². The molecule has 0 unspecified atom stereocenters. The number of carbonyl (C=O) groups excluding carboxylic acids is 1. The van der Waals surface area contributed by atoms with Gasteiger partial charge in [0.05, 0.1) is 12.8 Å². The summed E-state index contributed by atoms with van der Waals surface area (Å²) in [5.74, 6) is -0.187. The van der Waals surface area contributed by atoms with Gasteiger partial charge in [-0.2, -0.15) is 5.10 Å². The first-order valence-corrected chi connectivity index (χ1v) is 4.89. The number of amides is 1. The second-order valence-electron chi connectivity index (χ2n) is 3.18.